The summed E-state index contributed by atoms with van der Waals surface area (Å²) in [6.07, 6.45) is 5.86. The molecule has 32 heavy (non-hydrogen) atoms. The first-order valence-corrected chi connectivity index (χ1v) is 11.2. The van der Waals surface area contributed by atoms with Gasteiger partial charge in [-0.05, 0) is 69.1 Å². The molecule has 2 nitrogen and oxygen atoms in total. The van der Waals surface area contributed by atoms with Crippen LogP contribution in [0.5, 0.6) is 0 Å². The van der Waals surface area contributed by atoms with Crippen LogP contribution >= 0.6 is 0 Å². The molecule has 0 amide bonds. The lowest BCUT2D eigenvalue weighted by Crippen LogP contribution is -2.10. The van der Waals surface area contributed by atoms with Crippen molar-refractivity contribution < 1.29 is 0 Å². The Morgan fingerprint density at radius 2 is 1.25 bits per heavy atom. The van der Waals surface area contributed by atoms with Crippen molar-refractivity contribution in [2.24, 2.45) is 0 Å². The van der Waals surface area contributed by atoms with E-state index in [2.05, 4.69) is 109 Å². The minimum absolute atomic E-state index is 0.177. The fourth-order valence-electron chi connectivity index (χ4n) is 4.22. The van der Waals surface area contributed by atoms with E-state index in [1.54, 1.807) is 0 Å². The molecule has 0 atom stereocenters. The Morgan fingerprint density at radius 3 is 1.94 bits per heavy atom. The molecule has 0 fully saturated rings. The molecule has 0 aliphatic rings. The summed E-state index contributed by atoms with van der Waals surface area (Å²) in [5, 5.41) is 1.27. The Balaban J connectivity index is 1.37. The molecule has 2 heterocycles. The summed E-state index contributed by atoms with van der Waals surface area (Å²) >= 11 is 0. The van der Waals surface area contributed by atoms with Crippen LogP contribution in [0.4, 0.5) is 0 Å². The van der Waals surface area contributed by atoms with Crippen molar-refractivity contribution in [3.8, 4) is 22.3 Å². The summed E-state index contributed by atoms with van der Waals surface area (Å²) in [6.45, 7) is 7.62. The fourth-order valence-corrected chi connectivity index (χ4v) is 4.22. The summed E-state index contributed by atoms with van der Waals surface area (Å²) in [4.78, 5) is 4.10. The van der Waals surface area contributed by atoms with Crippen LogP contribution in [0.1, 0.15) is 31.9 Å². The van der Waals surface area contributed by atoms with Gasteiger partial charge in [0.25, 0.3) is 0 Å². The molecule has 0 aliphatic carbocycles. The highest BCUT2D eigenvalue weighted by Gasteiger charge is 2.13. The van der Waals surface area contributed by atoms with E-state index in [1.165, 1.54) is 44.3 Å². The predicted molar refractivity (Wildman–Crippen MR) is 135 cm³/mol. The van der Waals surface area contributed by atoms with Gasteiger partial charge in [-0.2, -0.15) is 0 Å². The second-order valence-corrected chi connectivity index (χ2v) is 9.48. The maximum atomic E-state index is 4.10. The van der Waals surface area contributed by atoms with Crippen LogP contribution in [0.3, 0.4) is 0 Å². The third kappa shape index (κ3) is 4.09. The molecule has 0 bridgehead atoms. The van der Waals surface area contributed by atoms with Crippen LogP contribution in [0.15, 0.2) is 104 Å². The number of hydrogen-bond donors (Lipinski definition) is 0. The monoisotopic (exact) mass is 416 g/mol. The molecule has 0 unspecified atom stereocenters. The average molecular weight is 417 g/mol. The summed E-state index contributed by atoms with van der Waals surface area (Å²) in [5.41, 5.74) is 9.04. The standard InChI is InChI=1S/C30H28N2/c1-30(2,3)28-11-8-24(9-12-28)26-10-13-29-27(20-26)16-19-32(29)21-22-4-6-23(7-5-22)25-14-17-31-18-15-25/h4-20H,21H2,1-3H3. The summed E-state index contributed by atoms with van der Waals surface area (Å²) in [5.74, 6) is 0. The minimum atomic E-state index is 0.177. The first-order valence-electron chi connectivity index (χ1n) is 11.2. The lowest BCUT2D eigenvalue weighted by atomic mass is 9.86. The Kier molecular flexibility index (Phi) is 5.14. The number of pyridine rings is 1. The van der Waals surface area contributed by atoms with E-state index >= 15 is 0 Å². The molecule has 0 radical (unpaired) electrons. The normalized spacial score (nSPS) is 11.7. The molecule has 158 valence electrons. The van der Waals surface area contributed by atoms with Crippen LogP contribution in [0.2, 0.25) is 0 Å². The molecule has 0 saturated heterocycles. The topological polar surface area (TPSA) is 17.8 Å². The third-order valence-corrected chi connectivity index (χ3v) is 6.18. The number of aromatic nitrogens is 2. The van der Waals surface area contributed by atoms with E-state index in [9.17, 15) is 0 Å². The molecule has 3 aromatic carbocycles. The van der Waals surface area contributed by atoms with Crippen LogP contribution in [0, 0.1) is 0 Å². The zero-order chi connectivity index (χ0) is 22.1. The fraction of sp³-hybridized carbons (Fsp3) is 0.167. The van der Waals surface area contributed by atoms with Crippen molar-refractivity contribution in [2.75, 3.05) is 0 Å². The van der Waals surface area contributed by atoms with Crippen LogP contribution in [-0.2, 0) is 12.0 Å². The van der Waals surface area contributed by atoms with Crippen LogP contribution < -0.4 is 0 Å². The Bertz CT molecular complexity index is 1340. The van der Waals surface area contributed by atoms with Gasteiger partial charge in [0.05, 0.1) is 0 Å². The highest BCUT2D eigenvalue weighted by Crippen LogP contribution is 2.29. The van der Waals surface area contributed by atoms with Gasteiger partial charge < -0.3 is 4.57 Å². The lowest BCUT2D eigenvalue weighted by Gasteiger charge is -2.19. The largest absolute Gasteiger partial charge is 0.343 e. The smallest absolute Gasteiger partial charge is 0.0483 e. The molecule has 2 heteroatoms. The summed E-state index contributed by atoms with van der Waals surface area (Å²) in [7, 11) is 0. The number of fused-ring (bicyclic) bond motifs is 1. The third-order valence-electron chi connectivity index (χ3n) is 6.18. The lowest BCUT2D eigenvalue weighted by molar-refractivity contribution is 0.590. The van der Waals surface area contributed by atoms with Crippen molar-refractivity contribution in [1.29, 1.82) is 0 Å². The van der Waals surface area contributed by atoms with Gasteiger partial charge in [0.2, 0.25) is 0 Å². The van der Waals surface area contributed by atoms with Gasteiger partial charge in [0, 0.05) is 36.0 Å². The molecule has 0 N–H and O–H groups in total. The van der Waals surface area contributed by atoms with Gasteiger partial charge in [0.15, 0.2) is 0 Å². The van der Waals surface area contributed by atoms with E-state index < -0.39 is 0 Å². The Hall–Kier alpha value is -3.65. The van der Waals surface area contributed by atoms with E-state index in [0.717, 1.165) is 6.54 Å². The second-order valence-electron chi connectivity index (χ2n) is 9.48. The average Bonchev–Trinajstić information content (AvgIpc) is 3.21. The molecule has 5 aromatic rings. The Labute approximate surface area is 190 Å². The van der Waals surface area contributed by atoms with Crippen LogP contribution in [-0.4, -0.2) is 9.55 Å². The zero-order valence-electron chi connectivity index (χ0n) is 18.9. The predicted octanol–water partition coefficient (Wildman–Crippen LogP) is 7.72. The molecule has 0 saturated carbocycles. The van der Waals surface area contributed by atoms with E-state index in [-0.39, 0.29) is 5.41 Å². The van der Waals surface area contributed by atoms with Gasteiger partial charge in [0.1, 0.15) is 0 Å². The van der Waals surface area contributed by atoms with Gasteiger partial charge in [-0.15, -0.1) is 0 Å². The summed E-state index contributed by atoms with van der Waals surface area (Å²) in [6, 6.07) is 30.9. The first kappa shape index (κ1) is 20.3. The molecular formula is C30H28N2. The highest BCUT2D eigenvalue weighted by molar-refractivity contribution is 5.85. The SMILES string of the molecule is CC(C)(C)c1ccc(-c2ccc3c(ccn3Cc3ccc(-c4ccncc4)cc3)c2)cc1. The van der Waals surface area contributed by atoms with Crippen molar-refractivity contribution in [3.63, 3.8) is 0 Å². The van der Waals surface area contributed by atoms with E-state index in [1.807, 2.05) is 24.5 Å². The molecule has 2 aromatic heterocycles. The second kappa shape index (κ2) is 8.12. The summed E-state index contributed by atoms with van der Waals surface area (Å²) < 4.78 is 2.32. The number of hydrogen-bond acceptors (Lipinski definition) is 1. The van der Waals surface area contributed by atoms with Crippen molar-refractivity contribution in [3.05, 3.63) is 115 Å². The van der Waals surface area contributed by atoms with Crippen molar-refractivity contribution in [1.82, 2.24) is 9.55 Å². The first-order chi connectivity index (χ1) is 15.5. The van der Waals surface area contributed by atoms with Crippen molar-refractivity contribution in [2.45, 2.75) is 32.7 Å². The molecular weight excluding hydrogens is 388 g/mol. The number of rotatable bonds is 4. The van der Waals surface area contributed by atoms with E-state index in [0.29, 0.717) is 0 Å². The zero-order valence-corrected chi connectivity index (χ0v) is 18.9. The molecule has 0 aliphatic heterocycles. The van der Waals surface area contributed by atoms with Gasteiger partial charge in [-0.1, -0.05) is 75.4 Å². The number of benzene rings is 3. The van der Waals surface area contributed by atoms with Gasteiger partial charge in [-0.25, -0.2) is 0 Å². The highest BCUT2D eigenvalue weighted by atomic mass is 14.9. The molecule has 5 rings (SSSR count). The number of nitrogens with zero attached hydrogens (tertiary/aromatic N) is 2. The van der Waals surface area contributed by atoms with Crippen LogP contribution in [0.25, 0.3) is 33.2 Å². The van der Waals surface area contributed by atoms with Gasteiger partial charge >= 0.3 is 0 Å². The van der Waals surface area contributed by atoms with Gasteiger partial charge in [-0.3, -0.25) is 4.98 Å². The van der Waals surface area contributed by atoms with E-state index in [4.69, 9.17) is 0 Å². The Morgan fingerprint density at radius 1 is 0.656 bits per heavy atom. The maximum absolute atomic E-state index is 4.10. The molecule has 0 spiro atoms. The van der Waals surface area contributed by atoms with Crippen molar-refractivity contribution >= 4 is 10.9 Å². The quantitative estimate of drug-likeness (QED) is 0.293. The minimum Gasteiger partial charge on any atom is -0.343 e. The maximum Gasteiger partial charge on any atom is 0.0483 e.